The van der Waals surface area contributed by atoms with Crippen molar-refractivity contribution in [1.82, 2.24) is 4.98 Å². The van der Waals surface area contributed by atoms with Gasteiger partial charge in [-0.2, -0.15) is 0 Å². The lowest BCUT2D eigenvalue weighted by molar-refractivity contribution is -0.138. The fraction of sp³-hybridized carbons (Fsp3) is 0.333. The predicted octanol–water partition coefficient (Wildman–Crippen LogP) is 2.78. The van der Waals surface area contributed by atoms with E-state index in [0.717, 1.165) is 35.2 Å². The highest BCUT2D eigenvalue weighted by molar-refractivity contribution is 7.15. The van der Waals surface area contributed by atoms with Crippen molar-refractivity contribution in [1.29, 1.82) is 0 Å². The molecule has 0 spiro atoms. The van der Waals surface area contributed by atoms with Crippen molar-refractivity contribution < 1.29 is 9.90 Å². The Morgan fingerprint density at radius 2 is 2.00 bits per heavy atom. The molecule has 4 nitrogen and oxygen atoms in total. The number of carbonyl (C=O) groups is 1. The maximum absolute atomic E-state index is 11.2. The minimum absolute atomic E-state index is 0.403. The number of fused-ring (bicyclic) bond motifs is 2. The monoisotopic (exact) mass is 286 g/mol. The van der Waals surface area contributed by atoms with Crippen LogP contribution in [0.1, 0.15) is 34.0 Å². The van der Waals surface area contributed by atoms with Gasteiger partial charge in [0.1, 0.15) is 5.92 Å². The van der Waals surface area contributed by atoms with Gasteiger partial charge in [-0.1, -0.05) is 24.3 Å². The standard InChI is InChI=1S/C15H14N2O2S/c18-14(19)11-5-6-12-13(11)16-15(20-12)17-7-9-3-1-2-4-10(9)8-17/h1-4,11H,5-8H2,(H,18,19). The van der Waals surface area contributed by atoms with Gasteiger partial charge in [-0.25, -0.2) is 4.98 Å². The second-order valence-corrected chi connectivity index (χ2v) is 6.42. The van der Waals surface area contributed by atoms with E-state index in [-0.39, 0.29) is 0 Å². The molecule has 1 aromatic carbocycles. The first kappa shape index (κ1) is 11.9. The highest BCUT2D eigenvalue weighted by Gasteiger charge is 2.34. The van der Waals surface area contributed by atoms with Gasteiger partial charge in [0, 0.05) is 18.0 Å². The topological polar surface area (TPSA) is 53.4 Å². The number of rotatable bonds is 2. The van der Waals surface area contributed by atoms with Crippen LogP contribution in [0.2, 0.25) is 0 Å². The van der Waals surface area contributed by atoms with E-state index in [9.17, 15) is 9.90 Å². The Labute approximate surface area is 120 Å². The number of hydrogen-bond acceptors (Lipinski definition) is 4. The van der Waals surface area contributed by atoms with E-state index >= 15 is 0 Å². The van der Waals surface area contributed by atoms with Gasteiger partial charge >= 0.3 is 5.97 Å². The van der Waals surface area contributed by atoms with Crippen LogP contribution in [0, 0.1) is 0 Å². The molecule has 1 unspecified atom stereocenters. The number of benzene rings is 1. The molecule has 102 valence electrons. The van der Waals surface area contributed by atoms with E-state index in [0.29, 0.717) is 6.42 Å². The van der Waals surface area contributed by atoms with Crippen molar-refractivity contribution in [3.63, 3.8) is 0 Å². The Morgan fingerprint density at radius 1 is 1.30 bits per heavy atom. The number of carboxylic acids is 1. The van der Waals surface area contributed by atoms with Crippen LogP contribution < -0.4 is 4.90 Å². The van der Waals surface area contributed by atoms with Crippen molar-refractivity contribution in [2.75, 3.05) is 4.90 Å². The van der Waals surface area contributed by atoms with Crippen LogP contribution in [0.3, 0.4) is 0 Å². The number of aromatic nitrogens is 1. The number of anilines is 1. The molecule has 20 heavy (non-hydrogen) atoms. The summed E-state index contributed by atoms with van der Waals surface area (Å²) < 4.78 is 0. The lowest BCUT2D eigenvalue weighted by atomic mass is 10.1. The van der Waals surface area contributed by atoms with Crippen LogP contribution in [0.4, 0.5) is 5.13 Å². The summed E-state index contributed by atoms with van der Waals surface area (Å²) in [4.78, 5) is 19.2. The second-order valence-electron chi connectivity index (χ2n) is 5.36. The Hall–Kier alpha value is -1.88. The van der Waals surface area contributed by atoms with Gasteiger partial charge in [-0.3, -0.25) is 4.79 Å². The summed E-state index contributed by atoms with van der Waals surface area (Å²) in [6.07, 6.45) is 1.55. The van der Waals surface area contributed by atoms with Gasteiger partial charge in [-0.15, -0.1) is 11.3 Å². The van der Waals surface area contributed by atoms with Crippen molar-refractivity contribution in [3.8, 4) is 0 Å². The van der Waals surface area contributed by atoms with Gasteiger partial charge in [0.05, 0.1) is 5.69 Å². The summed E-state index contributed by atoms with van der Waals surface area (Å²) in [5, 5.41) is 10.2. The minimum atomic E-state index is -0.745. The van der Waals surface area contributed by atoms with Crippen LogP contribution in [-0.2, 0) is 24.3 Å². The first-order valence-electron chi connectivity index (χ1n) is 6.76. The summed E-state index contributed by atoms with van der Waals surface area (Å²) in [6, 6.07) is 8.42. The molecule has 2 aliphatic rings. The molecular formula is C15H14N2O2S. The zero-order chi connectivity index (χ0) is 13.7. The highest BCUT2D eigenvalue weighted by Crippen LogP contribution is 2.41. The lowest BCUT2D eigenvalue weighted by Gasteiger charge is -2.13. The van der Waals surface area contributed by atoms with Crippen LogP contribution in [0.5, 0.6) is 0 Å². The van der Waals surface area contributed by atoms with Gasteiger partial charge in [0.2, 0.25) is 0 Å². The van der Waals surface area contributed by atoms with E-state index in [4.69, 9.17) is 0 Å². The van der Waals surface area contributed by atoms with Gasteiger partial charge in [0.25, 0.3) is 0 Å². The number of thiazole rings is 1. The summed E-state index contributed by atoms with van der Waals surface area (Å²) in [5.74, 6) is -1.15. The molecule has 1 atom stereocenters. The maximum Gasteiger partial charge on any atom is 0.312 e. The molecule has 0 fully saturated rings. The SMILES string of the molecule is O=C(O)C1CCc2sc(N3Cc4ccccc4C3)nc21. The Bertz CT molecular complexity index is 670. The molecule has 4 rings (SSSR count). The van der Waals surface area contributed by atoms with Crippen LogP contribution in [0.15, 0.2) is 24.3 Å². The molecule has 0 bridgehead atoms. The quantitative estimate of drug-likeness (QED) is 0.922. The molecule has 2 heterocycles. The van der Waals surface area contributed by atoms with E-state index in [1.807, 2.05) is 0 Å². The van der Waals surface area contributed by atoms with Gasteiger partial charge in [-0.05, 0) is 24.0 Å². The van der Waals surface area contributed by atoms with Gasteiger partial charge < -0.3 is 10.0 Å². The zero-order valence-corrected chi connectivity index (χ0v) is 11.7. The fourth-order valence-electron chi connectivity index (χ4n) is 3.06. The summed E-state index contributed by atoms with van der Waals surface area (Å²) in [6.45, 7) is 1.75. The first-order valence-corrected chi connectivity index (χ1v) is 7.58. The maximum atomic E-state index is 11.2. The van der Waals surface area contributed by atoms with Gasteiger partial charge in [0.15, 0.2) is 5.13 Å². The highest BCUT2D eigenvalue weighted by atomic mass is 32.1. The number of nitrogens with zero attached hydrogens (tertiary/aromatic N) is 2. The van der Waals surface area contributed by atoms with E-state index in [1.54, 1.807) is 11.3 Å². The van der Waals surface area contributed by atoms with Crippen molar-refractivity contribution >= 4 is 22.4 Å². The molecule has 0 saturated carbocycles. The average Bonchev–Trinajstić information content (AvgIpc) is 3.10. The first-order chi connectivity index (χ1) is 9.72. The van der Waals surface area contributed by atoms with E-state index in [2.05, 4.69) is 34.1 Å². The molecule has 5 heteroatoms. The third kappa shape index (κ3) is 1.73. The zero-order valence-electron chi connectivity index (χ0n) is 10.9. The largest absolute Gasteiger partial charge is 0.481 e. The number of hydrogen-bond donors (Lipinski definition) is 1. The molecule has 1 aromatic heterocycles. The lowest BCUT2D eigenvalue weighted by Crippen LogP contribution is -2.15. The Balaban J connectivity index is 1.63. The van der Waals surface area contributed by atoms with E-state index in [1.165, 1.54) is 11.1 Å². The molecule has 2 aromatic rings. The fourth-order valence-corrected chi connectivity index (χ4v) is 4.19. The van der Waals surface area contributed by atoms with Crippen molar-refractivity contribution in [2.45, 2.75) is 31.8 Å². The second kappa shape index (κ2) is 4.31. The molecule has 0 amide bonds. The molecule has 1 aliphatic heterocycles. The molecule has 0 saturated heterocycles. The predicted molar refractivity (Wildman–Crippen MR) is 77.1 cm³/mol. The summed E-state index contributed by atoms with van der Waals surface area (Å²) >= 11 is 1.66. The third-order valence-electron chi connectivity index (χ3n) is 4.12. The number of aliphatic carboxylic acids is 1. The molecule has 1 N–H and O–H groups in total. The van der Waals surface area contributed by atoms with Crippen LogP contribution in [0.25, 0.3) is 0 Å². The van der Waals surface area contributed by atoms with Crippen molar-refractivity contribution in [3.05, 3.63) is 46.0 Å². The van der Waals surface area contributed by atoms with Crippen LogP contribution >= 0.6 is 11.3 Å². The Kier molecular flexibility index (Phi) is 2.57. The average molecular weight is 286 g/mol. The number of aryl methyl sites for hydroxylation is 1. The smallest absolute Gasteiger partial charge is 0.312 e. The van der Waals surface area contributed by atoms with E-state index < -0.39 is 11.9 Å². The third-order valence-corrected chi connectivity index (χ3v) is 5.31. The molecule has 1 aliphatic carbocycles. The van der Waals surface area contributed by atoms with Crippen molar-refractivity contribution in [2.24, 2.45) is 0 Å². The molecule has 0 radical (unpaired) electrons. The summed E-state index contributed by atoms with van der Waals surface area (Å²) in [7, 11) is 0. The van der Waals surface area contributed by atoms with Crippen LogP contribution in [-0.4, -0.2) is 16.1 Å². The molecular weight excluding hydrogens is 272 g/mol. The normalized spacial score (nSPS) is 20.0. The Morgan fingerprint density at radius 3 is 2.65 bits per heavy atom. The summed E-state index contributed by atoms with van der Waals surface area (Å²) in [5.41, 5.74) is 3.49. The minimum Gasteiger partial charge on any atom is -0.481 e. The number of carboxylic acid groups (broad SMARTS) is 1.